The maximum absolute atomic E-state index is 6.26. The van der Waals surface area contributed by atoms with Crippen molar-refractivity contribution in [2.45, 2.75) is 20.3 Å². The third kappa shape index (κ3) is 3.09. The number of likely N-dealkylation sites (N-methyl/N-ethyl adjacent to an activating group) is 1. The molecule has 0 saturated heterocycles. The summed E-state index contributed by atoms with van der Waals surface area (Å²) in [5.41, 5.74) is 1.12. The van der Waals surface area contributed by atoms with E-state index in [-0.39, 0.29) is 5.41 Å². The van der Waals surface area contributed by atoms with Gasteiger partial charge in [0.1, 0.15) is 0 Å². The molecule has 0 amide bonds. The second-order valence-electron chi connectivity index (χ2n) is 5.49. The average molecular weight is 270 g/mol. The molecule has 0 bridgehead atoms. The van der Waals surface area contributed by atoms with Gasteiger partial charge in [0.05, 0.1) is 13.2 Å². The van der Waals surface area contributed by atoms with E-state index in [1.54, 1.807) is 0 Å². The topological polar surface area (TPSA) is 30.5 Å². The Hall–Kier alpha value is -0.930. The van der Waals surface area contributed by atoms with Gasteiger partial charge >= 0.3 is 0 Å². The second-order valence-corrected chi connectivity index (χ2v) is 5.89. The standard InChI is InChI=1S/C14H20ClNO2/c1-14(2)8-17-12-6-10(4-5-16-3)11(15)7-13(12)18-9-14/h6-7,16H,4-5,8-9H2,1-3H3. The Morgan fingerprint density at radius 3 is 2.44 bits per heavy atom. The van der Waals surface area contributed by atoms with Gasteiger partial charge in [0.2, 0.25) is 0 Å². The van der Waals surface area contributed by atoms with Crippen molar-refractivity contribution in [2.75, 3.05) is 26.8 Å². The Morgan fingerprint density at radius 2 is 1.83 bits per heavy atom. The first kappa shape index (κ1) is 13.5. The van der Waals surface area contributed by atoms with Crippen LogP contribution in [0.25, 0.3) is 0 Å². The van der Waals surface area contributed by atoms with Gasteiger partial charge in [-0.3, -0.25) is 0 Å². The summed E-state index contributed by atoms with van der Waals surface area (Å²) >= 11 is 6.26. The zero-order valence-electron chi connectivity index (χ0n) is 11.2. The average Bonchev–Trinajstić information content (AvgIpc) is 2.46. The molecule has 0 fully saturated rings. The fourth-order valence-corrected chi connectivity index (χ4v) is 2.09. The van der Waals surface area contributed by atoms with Crippen LogP contribution in [0.3, 0.4) is 0 Å². The molecule has 3 nitrogen and oxygen atoms in total. The molecule has 0 saturated carbocycles. The zero-order chi connectivity index (χ0) is 13.2. The Labute approximate surface area is 113 Å². The van der Waals surface area contributed by atoms with E-state index in [9.17, 15) is 0 Å². The molecule has 1 aliphatic heterocycles. The van der Waals surface area contributed by atoms with Gasteiger partial charge in [-0.1, -0.05) is 25.4 Å². The molecule has 1 heterocycles. The molecule has 0 aliphatic carbocycles. The normalized spacial score (nSPS) is 17.3. The summed E-state index contributed by atoms with van der Waals surface area (Å²) in [6.45, 7) is 6.45. The molecule has 0 aromatic heterocycles. The molecule has 1 N–H and O–H groups in total. The zero-order valence-corrected chi connectivity index (χ0v) is 11.9. The first-order chi connectivity index (χ1) is 8.52. The predicted octanol–water partition coefficient (Wildman–Crippen LogP) is 2.90. The number of halogens is 1. The third-order valence-electron chi connectivity index (χ3n) is 2.99. The summed E-state index contributed by atoms with van der Waals surface area (Å²) < 4.78 is 11.6. The van der Waals surface area contributed by atoms with Crippen molar-refractivity contribution in [1.29, 1.82) is 0 Å². The van der Waals surface area contributed by atoms with Crippen LogP contribution in [0.4, 0.5) is 0 Å². The van der Waals surface area contributed by atoms with Crippen molar-refractivity contribution in [3.8, 4) is 11.5 Å². The number of rotatable bonds is 3. The molecule has 0 atom stereocenters. The first-order valence-electron chi connectivity index (χ1n) is 6.24. The molecular weight excluding hydrogens is 250 g/mol. The largest absolute Gasteiger partial charge is 0.489 e. The van der Waals surface area contributed by atoms with Crippen LogP contribution in [0.2, 0.25) is 5.02 Å². The van der Waals surface area contributed by atoms with E-state index in [0.717, 1.165) is 35.1 Å². The van der Waals surface area contributed by atoms with E-state index in [0.29, 0.717) is 13.2 Å². The molecule has 18 heavy (non-hydrogen) atoms. The minimum Gasteiger partial charge on any atom is -0.489 e. The van der Waals surface area contributed by atoms with E-state index in [1.807, 2.05) is 19.2 Å². The lowest BCUT2D eigenvalue weighted by atomic mass is 9.97. The molecule has 1 aliphatic rings. The van der Waals surface area contributed by atoms with Gasteiger partial charge in [-0.2, -0.15) is 0 Å². The Bertz CT molecular complexity index is 432. The summed E-state index contributed by atoms with van der Waals surface area (Å²) in [4.78, 5) is 0. The van der Waals surface area contributed by atoms with Crippen molar-refractivity contribution in [3.05, 3.63) is 22.7 Å². The lowest BCUT2D eigenvalue weighted by Crippen LogP contribution is -2.26. The van der Waals surface area contributed by atoms with Crippen LogP contribution in [0.1, 0.15) is 19.4 Å². The number of ether oxygens (including phenoxy) is 2. The minimum absolute atomic E-state index is 0.0244. The van der Waals surface area contributed by atoms with Crippen LogP contribution in [-0.4, -0.2) is 26.8 Å². The van der Waals surface area contributed by atoms with Crippen molar-refractivity contribution in [2.24, 2.45) is 5.41 Å². The molecule has 1 aromatic carbocycles. The van der Waals surface area contributed by atoms with Crippen molar-refractivity contribution < 1.29 is 9.47 Å². The molecule has 100 valence electrons. The van der Waals surface area contributed by atoms with Crippen molar-refractivity contribution in [3.63, 3.8) is 0 Å². The second kappa shape index (κ2) is 5.37. The van der Waals surface area contributed by atoms with E-state index >= 15 is 0 Å². The fraction of sp³-hybridized carbons (Fsp3) is 0.571. The Morgan fingerprint density at radius 1 is 1.22 bits per heavy atom. The maximum atomic E-state index is 6.26. The highest BCUT2D eigenvalue weighted by Crippen LogP contribution is 2.37. The summed E-state index contributed by atoms with van der Waals surface area (Å²) in [5, 5.41) is 3.86. The number of benzene rings is 1. The van der Waals surface area contributed by atoms with E-state index in [4.69, 9.17) is 21.1 Å². The van der Waals surface area contributed by atoms with Gasteiger partial charge in [-0.15, -0.1) is 0 Å². The van der Waals surface area contributed by atoms with Gasteiger partial charge in [0, 0.05) is 16.5 Å². The Kier molecular flexibility index (Phi) is 4.03. The van der Waals surface area contributed by atoms with Crippen LogP contribution < -0.4 is 14.8 Å². The molecule has 1 aromatic rings. The van der Waals surface area contributed by atoms with E-state index in [2.05, 4.69) is 19.2 Å². The highest BCUT2D eigenvalue weighted by atomic mass is 35.5. The summed E-state index contributed by atoms with van der Waals surface area (Å²) in [5.74, 6) is 1.55. The molecule has 0 spiro atoms. The third-order valence-corrected chi connectivity index (χ3v) is 3.35. The van der Waals surface area contributed by atoms with Gasteiger partial charge in [-0.25, -0.2) is 0 Å². The van der Waals surface area contributed by atoms with Crippen LogP contribution in [-0.2, 0) is 6.42 Å². The molecule has 0 radical (unpaired) electrons. The quantitative estimate of drug-likeness (QED) is 0.915. The van der Waals surface area contributed by atoms with Crippen molar-refractivity contribution in [1.82, 2.24) is 5.32 Å². The maximum Gasteiger partial charge on any atom is 0.162 e. The summed E-state index contributed by atoms with van der Waals surface area (Å²) in [6.07, 6.45) is 0.884. The monoisotopic (exact) mass is 269 g/mol. The first-order valence-corrected chi connectivity index (χ1v) is 6.62. The minimum atomic E-state index is 0.0244. The number of fused-ring (bicyclic) bond motifs is 1. The van der Waals surface area contributed by atoms with Crippen LogP contribution in [0.15, 0.2) is 12.1 Å². The van der Waals surface area contributed by atoms with Crippen LogP contribution in [0, 0.1) is 5.41 Å². The van der Waals surface area contributed by atoms with Gasteiger partial charge < -0.3 is 14.8 Å². The smallest absolute Gasteiger partial charge is 0.162 e. The molecule has 4 heteroatoms. The molecular formula is C14H20ClNO2. The lowest BCUT2D eigenvalue weighted by Gasteiger charge is -2.19. The van der Waals surface area contributed by atoms with Crippen LogP contribution >= 0.6 is 11.6 Å². The number of hydrogen-bond donors (Lipinski definition) is 1. The SMILES string of the molecule is CNCCc1cc2c(cc1Cl)OCC(C)(C)CO2. The number of nitrogens with one attached hydrogen (secondary N) is 1. The van der Waals surface area contributed by atoms with Gasteiger partial charge in [0.25, 0.3) is 0 Å². The van der Waals surface area contributed by atoms with E-state index in [1.165, 1.54) is 0 Å². The highest BCUT2D eigenvalue weighted by Gasteiger charge is 2.25. The van der Waals surface area contributed by atoms with Gasteiger partial charge in [-0.05, 0) is 31.6 Å². The summed E-state index contributed by atoms with van der Waals surface area (Å²) in [7, 11) is 1.93. The van der Waals surface area contributed by atoms with E-state index < -0.39 is 0 Å². The fourth-order valence-electron chi connectivity index (χ4n) is 1.84. The van der Waals surface area contributed by atoms with Crippen molar-refractivity contribution >= 4 is 11.6 Å². The van der Waals surface area contributed by atoms with Crippen LogP contribution in [0.5, 0.6) is 11.5 Å². The Balaban J connectivity index is 2.24. The summed E-state index contributed by atoms with van der Waals surface area (Å²) in [6, 6.07) is 3.86. The molecule has 2 rings (SSSR count). The highest BCUT2D eigenvalue weighted by molar-refractivity contribution is 6.31. The van der Waals surface area contributed by atoms with Gasteiger partial charge in [0.15, 0.2) is 11.5 Å². The molecule has 0 unspecified atom stereocenters. The lowest BCUT2D eigenvalue weighted by molar-refractivity contribution is 0.140. The predicted molar refractivity (Wildman–Crippen MR) is 73.9 cm³/mol. The number of hydrogen-bond acceptors (Lipinski definition) is 3.